The minimum Gasteiger partial charge on any atom is -0.373 e. The Labute approximate surface area is 150 Å². The van der Waals surface area contributed by atoms with Crippen molar-refractivity contribution >= 4 is 5.96 Å². The Bertz CT molecular complexity index is 639. The van der Waals surface area contributed by atoms with Gasteiger partial charge < -0.3 is 19.9 Å². The highest BCUT2D eigenvalue weighted by molar-refractivity contribution is 5.79. The predicted molar refractivity (Wildman–Crippen MR) is 102 cm³/mol. The number of nitrogens with zero attached hydrogens (tertiary/aromatic N) is 2. The molecule has 2 aromatic rings. The average Bonchev–Trinajstić information content (AvgIpc) is 3.19. The normalized spacial score (nSPS) is 21.1. The average molecular weight is 340 g/mol. The lowest BCUT2D eigenvalue weighted by Crippen LogP contribution is -2.42. The van der Waals surface area contributed by atoms with Gasteiger partial charge in [-0.2, -0.15) is 0 Å². The number of hydrogen-bond donors (Lipinski definition) is 2. The molecule has 0 radical (unpaired) electrons. The van der Waals surface area contributed by atoms with Crippen LogP contribution in [0.5, 0.6) is 0 Å². The molecule has 134 valence electrons. The van der Waals surface area contributed by atoms with Crippen LogP contribution in [0.2, 0.25) is 0 Å². The number of hydrogen-bond acceptors (Lipinski definition) is 2. The van der Waals surface area contributed by atoms with Gasteiger partial charge in [-0.15, -0.1) is 0 Å². The maximum absolute atomic E-state index is 6.07. The minimum absolute atomic E-state index is 0.167. The zero-order valence-electron chi connectivity index (χ0n) is 14.9. The second kappa shape index (κ2) is 9.28. The molecule has 2 atom stereocenters. The predicted octanol–water partition coefficient (Wildman–Crippen LogP) is 2.82. The van der Waals surface area contributed by atoms with Crippen LogP contribution in [0.1, 0.15) is 24.5 Å². The van der Waals surface area contributed by atoms with Crippen molar-refractivity contribution in [3.05, 3.63) is 60.4 Å². The minimum atomic E-state index is 0.167. The molecule has 5 heteroatoms. The summed E-state index contributed by atoms with van der Waals surface area (Å²) in [5.74, 6) is 1.31. The van der Waals surface area contributed by atoms with E-state index in [1.807, 2.05) is 19.2 Å². The molecule has 1 aromatic heterocycles. The van der Waals surface area contributed by atoms with E-state index in [-0.39, 0.29) is 6.10 Å². The van der Waals surface area contributed by atoms with Gasteiger partial charge in [-0.05, 0) is 30.5 Å². The Morgan fingerprint density at radius 1 is 1.16 bits per heavy atom. The van der Waals surface area contributed by atoms with Gasteiger partial charge in [0.15, 0.2) is 5.96 Å². The summed E-state index contributed by atoms with van der Waals surface area (Å²) in [4.78, 5) is 4.33. The second-order valence-corrected chi connectivity index (χ2v) is 6.41. The molecule has 1 aliphatic rings. The van der Waals surface area contributed by atoms with Gasteiger partial charge in [0.05, 0.1) is 6.10 Å². The fourth-order valence-electron chi connectivity index (χ4n) is 3.33. The lowest BCUT2D eigenvalue weighted by molar-refractivity contribution is -0.0265. The van der Waals surface area contributed by atoms with Crippen molar-refractivity contribution in [2.75, 3.05) is 26.7 Å². The topological polar surface area (TPSA) is 50.6 Å². The molecule has 1 saturated heterocycles. The van der Waals surface area contributed by atoms with E-state index in [0.717, 1.165) is 38.6 Å². The van der Waals surface area contributed by atoms with E-state index >= 15 is 0 Å². The third-order valence-corrected chi connectivity index (χ3v) is 4.66. The van der Waals surface area contributed by atoms with E-state index in [0.29, 0.717) is 5.92 Å². The summed E-state index contributed by atoms with van der Waals surface area (Å²) < 4.78 is 8.22. The molecular weight excluding hydrogens is 312 g/mol. The summed E-state index contributed by atoms with van der Waals surface area (Å²) >= 11 is 0. The molecule has 0 spiro atoms. The monoisotopic (exact) mass is 340 g/mol. The maximum atomic E-state index is 6.07. The summed E-state index contributed by atoms with van der Waals surface area (Å²) in [6, 6.07) is 14.6. The Morgan fingerprint density at radius 2 is 1.96 bits per heavy atom. The number of aromatic nitrogens is 1. The van der Waals surface area contributed by atoms with Crippen LogP contribution in [0.25, 0.3) is 0 Å². The molecule has 1 aliphatic heterocycles. The molecule has 25 heavy (non-hydrogen) atoms. The van der Waals surface area contributed by atoms with Crippen molar-refractivity contribution in [1.82, 2.24) is 15.2 Å². The van der Waals surface area contributed by atoms with Gasteiger partial charge >= 0.3 is 0 Å². The first kappa shape index (κ1) is 17.5. The largest absolute Gasteiger partial charge is 0.373 e. The highest BCUT2D eigenvalue weighted by Crippen LogP contribution is 2.32. The molecule has 1 fully saturated rings. The van der Waals surface area contributed by atoms with Crippen LogP contribution in [0, 0.1) is 5.92 Å². The van der Waals surface area contributed by atoms with Crippen molar-refractivity contribution < 1.29 is 4.74 Å². The number of rotatable bonds is 6. The zero-order chi connectivity index (χ0) is 17.3. The van der Waals surface area contributed by atoms with E-state index in [4.69, 9.17) is 4.74 Å². The number of nitrogens with one attached hydrogen (secondary N) is 2. The third-order valence-electron chi connectivity index (χ3n) is 4.66. The smallest absolute Gasteiger partial charge is 0.191 e. The van der Waals surface area contributed by atoms with Crippen LogP contribution in [0.4, 0.5) is 0 Å². The van der Waals surface area contributed by atoms with Crippen LogP contribution < -0.4 is 10.6 Å². The van der Waals surface area contributed by atoms with Crippen molar-refractivity contribution in [2.24, 2.45) is 10.9 Å². The summed E-state index contributed by atoms with van der Waals surface area (Å²) in [5.41, 5.74) is 1.27. The van der Waals surface area contributed by atoms with Gasteiger partial charge in [0.2, 0.25) is 0 Å². The van der Waals surface area contributed by atoms with Crippen LogP contribution in [-0.2, 0) is 11.3 Å². The molecule has 2 unspecified atom stereocenters. The highest BCUT2D eigenvalue weighted by atomic mass is 16.5. The first-order valence-corrected chi connectivity index (χ1v) is 9.08. The Morgan fingerprint density at radius 3 is 2.72 bits per heavy atom. The van der Waals surface area contributed by atoms with Crippen molar-refractivity contribution in [3.8, 4) is 0 Å². The zero-order valence-corrected chi connectivity index (χ0v) is 14.9. The molecule has 5 nitrogen and oxygen atoms in total. The first-order valence-electron chi connectivity index (χ1n) is 9.08. The first-order chi connectivity index (χ1) is 12.4. The van der Waals surface area contributed by atoms with Gasteiger partial charge in [-0.25, -0.2) is 0 Å². The summed E-state index contributed by atoms with van der Waals surface area (Å²) in [6.07, 6.45) is 6.60. The Kier molecular flexibility index (Phi) is 6.51. The quantitative estimate of drug-likeness (QED) is 0.628. The Hall–Kier alpha value is -2.27. The van der Waals surface area contributed by atoms with Gasteiger partial charge in [0, 0.05) is 51.6 Å². The molecule has 0 bridgehead atoms. The lowest BCUT2D eigenvalue weighted by atomic mass is 9.89. The molecule has 0 saturated carbocycles. The van der Waals surface area contributed by atoms with E-state index in [2.05, 4.69) is 62.9 Å². The van der Waals surface area contributed by atoms with Gasteiger partial charge in [0.25, 0.3) is 0 Å². The fourth-order valence-corrected chi connectivity index (χ4v) is 3.33. The van der Waals surface area contributed by atoms with Crippen molar-refractivity contribution in [3.63, 3.8) is 0 Å². The molecule has 3 rings (SSSR count). The van der Waals surface area contributed by atoms with Crippen molar-refractivity contribution in [1.29, 1.82) is 0 Å². The standard InChI is InChI=1S/C20H28N4O/c1-21-20(22-11-14-24-12-5-6-13-24)23-16-18-10-7-15-25-19(18)17-8-3-2-4-9-17/h2-6,8-9,12-13,18-19H,7,10-11,14-16H2,1H3,(H2,21,22,23). The highest BCUT2D eigenvalue weighted by Gasteiger charge is 2.27. The molecular formula is C20H28N4O. The molecule has 0 aliphatic carbocycles. The van der Waals surface area contributed by atoms with E-state index < -0.39 is 0 Å². The number of guanidine groups is 1. The van der Waals surface area contributed by atoms with Crippen molar-refractivity contribution in [2.45, 2.75) is 25.5 Å². The van der Waals surface area contributed by atoms with E-state index in [1.165, 1.54) is 12.0 Å². The van der Waals surface area contributed by atoms with Crippen LogP contribution >= 0.6 is 0 Å². The van der Waals surface area contributed by atoms with Crippen LogP contribution in [0.15, 0.2) is 59.9 Å². The Balaban J connectivity index is 1.49. The molecule has 2 N–H and O–H groups in total. The summed E-state index contributed by atoms with van der Waals surface area (Å²) in [6.45, 7) is 3.48. The fraction of sp³-hybridized carbons (Fsp3) is 0.450. The molecule has 2 heterocycles. The van der Waals surface area contributed by atoms with E-state index in [9.17, 15) is 0 Å². The van der Waals surface area contributed by atoms with Gasteiger partial charge in [0.1, 0.15) is 0 Å². The molecule has 1 aromatic carbocycles. The molecule has 0 amide bonds. The lowest BCUT2D eigenvalue weighted by Gasteiger charge is -2.32. The maximum Gasteiger partial charge on any atom is 0.191 e. The SMILES string of the molecule is CN=C(NCCn1cccc1)NCC1CCCOC1c1ccccc1. The summed E-state index contributed by atoms with van der Waals surface area (Å²) in [7, 11) is 1.82. The van der Waals surface area contributed by atoms with Gasteiger partial charge in [-0.1, -0.05) is 30.3 Å². The number of benzene rings is 1. The third kappa shape index (κ3) is 5.10. The number of ether oxygens (including phenoxy) is 1. The van der Waals surface area contributed by atoms with Gasteiger partial charge in [-0.3, -0.25) is 4.99 Å². The van der Waals surface area contributed by atoms with E-state index in [1.54, 1.807) is 0 Å². The summed E-state index contributed by atoms with van der Waals surface area (Å²) in [5, 5.41) is 6.85. The van der Waals surface area contributed by atoms with Crippen LogP contribution in [-0.4, -0.2) is 37.3 Å². The number of aliphatic imine (C=N–C) groups is 1. The second-order valence-electron chi connectivity index (χ2n) is 6.41. The van der Waals surface area contributed by atoms with Crippen LogP contribution in [0.3, 0.4) is 0 Å².